The van der Waals surface area contributed by atoms with Gasteiger partial charge in [-0.15, -0.1) is 0 Å². The lowest BCUT2D eigenvalue weighted by atomic mass is 9.93. The van der Waals surface area contributed by atoms with E-state index in [1.165, 1.54) is 30.3 Å². The first kappa shape index (κ1) is 27.8. The number of aromatic nitrogens is 4. The van der Waals surface area contributed by atoms with Crippen LogP contribution in [0, 0.1) is 0 Å². The number of carbonyl (C=O) groups is 3. The van der Waals surface area contributed by atoms with E-state index in [-0.39, 0.29) is 27.8 Å². The van der Waals surface area contributed by atoms with E-state index >= 15 is 4.39 Å². The summed E-state index contributed by atoms with van der Waals surface area (Å²) in [5.74, 6) is -4.92. The SMILES string of the molecule is Nc1nc(Cl)nc2c1ncn2[C@@H]1O[C@H](COC(Cc2ccc(/C=C/C(=O)O)cc2)(C(=O)O)C(=O)O)[C@@H](O)[C@@H]1F. The summed E-state index contributed by atoms with van der Waals surface area (Å²) >= 11 is 5.83. The Balaban J connectivity index is 1.54. The minimum atomic E-state index is -2.82. The number of aliphatic carboxylic acids is 3. The topological polar surface area (TPSA) is 220 Å². The number of nitrogens with two attached hydrogens (primary N) is 1. The van der Waals surface area contributed by atoms with Crippen molar-refractivity contribution in [2.24, 2.45) is 0 Å². The van der Waals surface area contributed by atoms with Gasteiger partial charge in [0.25, 0.3) is 5.60 Å². The molecule has 0 saturated carbocycles. The summed E-state index contributed by atoms with van der Waals surface area (Å²) in [5, 5.41) is 38.5. The highest BCUT2D eigenvalue weighted by Gasteiger charge is 2.52. The molecule has 0 radical (unpaired) electrons. The molecule has 1 fully saturated rings. The second kappa shape index (κ2) is 10.9. The normalized spacial score (nSPS) is 21.5. The highest BCUT2D eigenvalue weighted by Crippen LogP contribution is 2.35. The first-order chi connectivity index (χ1) is 18.4. The number of alkyl halides is 1. The molecule has 16 heteroatoms. The van der Waals surface area contributed by atoms with Crippen molar-refractivity contribution in [1.29, 1.82) is 0 Å². The van der Waals surface area contributed by atoms with Gasteiger partial charge in [-0.05, 0) is 28.8 Å². The molecule has 0 aliphatic carbocycles. The van der Waals surface area contributed by atoms with Crippen LogP contribution >= 0.6 is 11.6 Å². The average molecular weight is 566 g/mol. The molecule has 2 aromatic heterocycles. The highest BCUT2D eigenvalue weighted by molar-refractivity contribution is 6.28. The highest BCUT2D eigenvalue weighted by atomic mass is 35.5. The maximum absolute atomic E-state index is 15.1. The van der Waals surface area contributed by atoms with Crippen LogP contribution in [0.3, 0.4) is 0 Å². The number of rotatable bonds is 10. The van der Waals surface area contributed by atoms with Gasteiger partial charge >= 0.3 is 17.9 Å². The molecule has 206 valence electrons. The molecule has 4 rings (SSSR count). The van der Waals surface area contributed by atoms with Crippen LogP contribution in [0.15, 0.2) is 36.7 Å². The average Bonchev–Trinajstić information content (AvgIpc) is 3.41. The van der Waals surface area contributed by atoms with Gasteiger partial charge in [-0.2, -0.15) is 9.97 Å². The first-order valence-electron chi connectivity index (χ1n) is 11.2. The van der Waals surface area contributed by atoms with Gasteiger partial charge in [0.15, 0.2) is 23.9 Å². The third kappa shape index (κ3) is 5.51. The predicted octanol–water partition coefficient (Wildman–Crippen LogP) is 0.923. The van der Waals surface area contributed by atoms with E-state index in [0.717, 1.165) is 17.0 Å². The number of aliphatic hydroxyl groups excluding tert-OH is 1. The third-order valence-electron chi connectivity index (χ3n) is 6.03. The molecule has 1 aliphatic rings. The van der Waals surface area contributed by atoms with E-state index in [4.69, 9.17) is 31.9 Å². The number of nitrogens with zero attached hydrogens (tertiary/aromatic N) is 4. The first-order valence-corrected chi connectivity index (χ1v) is 11.5. The number of carboxylic acid groups (broad SMARTS) is 3. The molecule has 4 atom stereocenters. The van der Waals surface area contributed by atoms with Crippen molar-refractivity contribution in [3.05, 3.63) is 53.1 Å². The van der Waals surface area contributed by atoms with Crippen molar-refractivity contribution in [3.63, 3.8) is 0 Å². The van der Waals surface area contributed by atoms with Crippen LogP contribution in [0.25, 0.3) is 17.2 Å². The Morgan fingerprint density at radius 3 is 2.46 bits per heavy atom. The van der Waals surface area contributed by atoms with Gasteiger partial charge in [-0.25, -0.2) is 23.8 Å². The molecule has 0 bridgehead atoms. The Hall–Kier alpha value is -4.18. The molecule has 0 amide bonds. The number of imidazole rings is 1. The summed E-state index contributed by atoms with van der Waals surface area (Å²) in [7, 11) is 0. The van der Waals surface area contributed by atoms with Gasteiger partial charge in [0, 0.05) is 12.5 Å². The number of aliphatic hydroxyl groups is 1. The summed E-state index contributed by atoms with van der Waals surface area (Å²) < 4.78 is 27.1. The van der Waals surface area contributed by atoms with Crippen molar-refractivity contribution >= 4 is 52.6 Å². The van der Waals surface area contributed by atoms with Crippen molar-refractivity contribution in [1.82, 2.24) is 19.5 Å². The van der Waals surface area contributed by atoms with Gasteiger partial charge in [-0.3, -0.25) is 4.57 Å². The molecule has 0 spiro atoms. The molecule has 14 nitrogen and oxygen atoms in total. The maximum Gasteiger partial charge on any atom is 0.348 e. The van der Waals surface area contributed by atoms with Gasteiger partial charge in [0.05, 0.1) is 12.9 Å². The molecular formula is C23H21ClFN5O9. The number of fused-ring (bicyclic) bond motifs is 1. The van der Waals surface area contributed by atoms with Crippen LogP contribution in [0.1, 0.15) is 17.4 Å². The van der Waals surface area contributed by atoms with E-state index in [0.29, 0.717) is 5.56 Å². The number of hydrogen-bond acceptors (Lipinski definition) is 10. The standard InChI is InChI=1S/C23H21ClFN5O9/c24-22-28-17(26)15-18(29-22)30(9-27-15)19-14(25)16(33)12(39-19)8-38-23(20(34)35,21(36)37)7-11-3-1-10(2-4-11)5-6-13(31)32/h1-6,9,12,14,16,19,33H,7-8H2,(H,31,32)(H,34,35)(H,36,37)(H2,26,28,29)/b6-5+/t12-,14+,16-,19-/m1/s1. The van der Waals surface area contributed by atoms with E-state index in [9.17, 15) is 29.7 Å². The van der Waals surface area contributed by atoms with Gasteiger partial charge in [0.2, 0.25) is 5.28 Å². The van der Waals surface area contributed by atoms with Crippen LogP contribution in [0.2, 0.25) is 5.28 Å². The van der Waals surface area contributed by atoms with Crippen LogP contribution in [-0.2, 0) is 30.3 Å². The quantitative estimate of drug-likeness (QED) is 0.131. The number of hydrogen-bond donors (Lipinski definition) is 5. The lowest BCUT2D eigenvalue weighted by molar-refractivity contribution is -0.190. The number of halogens is 2. The molecule has 3 heterocycles. The van der Waals surface area contributed by atoms with Gasteiger partial charge in [0.1, 0.15) is 17.7 Å². The third-order valence-corrected chi connectivity index (χ3v) is 6.19. The zero-order chi connectivity index (χ0) is 28.5. The van der Waals surface area contributed by atoms with Gasteiger partial charge < -0.3 is 35.6 Å². The molecule has 6 N–H and O–H groups in total. The van der Waals surface area contributed by atoms with Crippen LogP contribution in [0.5, 0.6) is 0 Å². The Labute approximate surface area is 223 Å². The fourth-order valence-electron chi connectivity index (χ4n) is 4.01. The Morgan fingerprint density at radius 1 is 1.18 bits per heavy atom. The fourth-order valence-corrected chi connectivity index (χ4v) is 4.18. The zero-order valence-corrected chi connectivity index (χ0v) is 20.5. The van der Waals surface area contributed by atoms with Crippen LogP contribution < -0.4 is 5.73 Å². The molecule has 1 aliphatic heterocycles. The Kier molecular flexibility index (Phi) is 7.78. The lowest BCUT2D eigenvalue weighted by Crippen LogP contribution is -2.52. The number of carboxylic acids is 3. The summed E-state index contributed by atoms with van der Waals surface area (Å²) in [6, 6.07) is 5.73. The van der Waals surface area contributed by atoms with E-state index in [1.54, 1.807) is 0 Å². The predicted molar refractivity (Wildman–Crippen MR) is 130 cm³/mol. The Bertz CT molecular complexity index is 1430. The Morgan fingerprint density at radius 2 is 1.85 bits per heavy atom. The molecule has 39 heavy (non-hydrogen) atoms. The molecule has 3 aromatic rings. The van der Waals surface area contributed by atoms with Crippen molar-refractivity contribution < 1.29 is 48.7 Å². The van der Waals surface area contributed by atoms with E-state index < -0.39 is 61.1 Å². The smallest absolute Gasteiger partial charge is 0.348 e. The summed E-state index contributed by atoms with van der Waals surface area (Å²) in [6.07, 6.45) is -4.18. The van der Waals surface area contributed by atoms with Crippen molar-refractivity contribution in [3.8, 4) is 0 Å². The van der Waals surface area contributed by atoms with Crippen LogP contribution in [-0.4, -0.2) is 88.4 Å². The molecule has 1 aromatic carbocycles. The zero-order valence-electron chi connectivity index (χ0n) is 19.7. The number of anilines is 1. The van der Waals surface area contributed by atoms with Crippen LogP contribution in [0.4, 0.5) is 10.2 Å². The largest absolute Gasteiger partial charge is 0.479 e. The monoisotopic (exact) mass is 565 g/mol. The van der Waals surface area contributed by atoms with Gasteiger partial charge in [-0.1, -0.05) is 24.3 Å². The van der Waals surface area contributed by atoms with E-state index in [1.807, 2.05) is 0 Å². The van der Waals surface area contributed by atoms with E-state index in [2.05, 4.69) is 15.0 Å². The second-order valence-electron chi connectivity index (χ2n) is 8.54. The number of ether oxygens (including phenoxy) is 2. The lowest BCUT2D eigenvalue weighted by Gasteiger charge is -2.27. The summed E-state index contributed by atoms with van der Waals surface area (Å²) in [4.78, 5) is 46.6. The molecule has 1 saturated heterocycles. The number of benzene rings is 1. The summed E-state index contributed by atoms with van der Waals surface area (Å²) in [6.45, 7) is -0.805. The molecular weight excluding hydrogens is 545 g/mol. The second-order valence-corrected chi connectivity index (χ2v) is 8.88. The minimum absolute atomic E-state index is 0.0148. The molecule has 0 unspecified atom stereocenters. The minimum Gasteiger partial charge on any atom is -0.479 e. The van der Waals surface area contributed by atoms with Crippen molar-refractivity contribution in [2.45, 2.75) is 36.6 Å². The number of nitrogen functional groups attached to an aromatic ring is 1. The summed E-state index contributed by atoms with van der Waals surface area (Å²) in [5.41, 5.74) is 3.76. The fraction of sp³-hybridized carbons (Fsp3) is 0.304. The maximum atomic E-state index is 15.1. The van der Waals surface area contributed by atoms with Crippen molar-refractivity contribution in [2.75, 3.05) is 12.3 Å².